The molecule has 0 fully saturated rings. The first-order chi connectivity index (χ1) is 6.81. The molecule has 3 nitrogen and oxygen atoms in total. The summed E-state index contributed by atoms with van der Waals surface area (Å²) >= 11 is 3.32. The van der Waals surface area contributed by atoms with Gasteiger partial charge in [-0.25, -0.2) is 9.97 Å². The molecule has 0 spiro atoms. The van der Waals surface area contributed by atoms with Crippen LogP contribution in [0.3, 0.4) is 0 Å². The van der Waals surface area contributed by atoms with Crippen LogP contribution in [0.2, 0.25) is 0 Å². The van der Waals surface area contributed by atoms with E-state index >= 15 is 0 Å². The van der Waals surface area contributed by atoms with Crippen molar-refractivity contribution in [3.63, 3.8) is 0 Å². The minimum atomic E-state index is 0.883. The topological polar surface area (TPSA) is 37.8 Å². The lowest BCUT2D eigenvalue weighted by Gasteiger charge is -1.93. The van der Waals surface area contributed by atoms with Crippen molar-refractivity contribution in [2.24, 2.45) is 0 Å². The molecule has 1 N–H and O–H groups in total. The molecule has 0 amide bonds. The molecule has 2 aromatic rings. The third kappa shape index (κ3) is 1.84. The molecule has 0 unspecified atom stereocenters. The average molecular weight is 225 g/mol. The number of thiazole rings is 2. The van der Waals surface area contributed by atoms with Crippen LogP contribution in [0.1, 0.15) is 10.6 Å². The normalized spacial score (nSPS) is 10.7. The molecule has 14 heavy (non-hydrogen) atoms. The summed E-state index contributed by atoms with van der Waals surface area (Å²) in [6.45, 7) is 2.92. The fourth-order valence-corrected chi connectivity index (χ4v) is 2.83. The summed E-state index contributed by atoms with van der Waals surface area (Å²) in [6, 6.07) is 0. The van der Waals surface area contributed by atoms with Gasteiger partial charge in [0.05, 0.1) is 11.2 Å². The molecule has 0 bridgehead atoms. The third-order valence-corrected chi connectivity index (χ3v) is 3.65. The van der Waals surface area contributed by atoms with Crippen LogP contribution < -0.4 is 5.32 Å². The van der Waals surface area contributed by atoms with E-state index in [-0.39, 0.29) is 0 Å². The average Bonchev–Trinajstić information content (AvgIpc) is 2.76. The van der Waals surface area contributed by atoms with Crippen molar-refractivity contribution < 1.29 is 0 Å². The maximum absolute atomic E-state index is 4.49. The molecular weight excluding hydrogens is 214 g/mol. The van der Waals surface area contributed by atoms with Gasteiger partial charge in [0.15, 0.2) is 0 Å². The van der Waals surface area contributed by atoms with Crippen molar-refractivity contribution in [1.29, 1.82) is 0 Å². The fraction of sp³-hybridized carbons (Fsp3) is 0.333. The van der Waals surface area contributed by atoms with Crippen molar-refractivity contribution in [3.8, 4) is 10.7 Å². The molecule has 0 atom stereocenters. The van der Waals surface area contributed by atoms with Crippen LogP contribution in [0.25, 0.3) is 10.7 Å². The zero-order valence-corrected chi connectivity index (χ0v) is 9.71. The van der Waals surface area contributed by atoms with Crippen LogP contribution in [0, 0.1) is 6.92 Å². The number of aromatic nitrogens is 2. The Hall–Kier alpha value is -0.780. The maximum Gasteiger partial charge on any atom is 0.143 e. The molecule has 0 saturated heterocycles. The number of aryl methyl sites for hydroxylation is 1. The van der Waals surface area contributed by atoms with Gasteiger partial charge in [0.1, 0.15) is 10.7 Å². The molecule has 0 aromatic carbocycles. The lowest BCUT2D eigenvalue weighted by Crippen LogP contribution is -2.04. The first-order valence-corrected chi connectivity index (χ1v) is 6.06. The Morgan fingerprint density at radius 1 is 1.50 bits per heavy atom. The molecule has 0 saturated carbocycles. The second-order valence-corrected chi connectivity index (χ2v) is 4.73. The van der Waals surface area contributed by atoms with Crippen molar-refractivity contribution in [2.45, 2.75) is 13.5 Å². The van der Waals surface area contributed by atoms with Gasteiger partial charge in [-0.05, 0) is 14.0 Å². The zero-order valence-electron chi connectivity index (χ0n) is 8.07. The number of hydrogen-bond acceptors (Lipinski definition) is 5. The van der Waals surface area contributed by atoms with Gasteiger partial charge in [0, 0.05) is 16.8 Å². The van der Waals surface area contributed by atoms with Crippen LogP contribution in [0.15, 0.2) is 10.9 Å². The maximum atomic E-state index is 4.49. The summed E-state index contributed by atoms with van der Waals surface area (Å²) in [5, 5.41) is 6.19. The van der Waals surface area contributed by atoms with E-state index in [2.05, 4.69) is 15.3 Å². The van der Waals surface area contributed by atoms with Gasteiger partial charge in [-0.1, -0.05) is 0 Å². The largest absolute Gasteiger partial charge is 0.315 e. The van der Waals surface area contributed by atoms with Gasteiger partial charge in [-0.2, -0.15) is 0 Å². The molecule has 0 aliphatic rings. The summed E-state index contributed by atoms with van der Waals surface area (Å²) < 4.78 is 0. The lowest BCUT2D eigenvalue weighted by molar-refractivity contribution is 0.823. The van der Waals surface area contributed by atoms with E-state index < -0.39 is 0 Å². The van der Waals surface area contributed by atoms with Crippen molar-refractivity contribution in [3.05, 3.63) is 21.5 Å². The quantitative estimate of drug-likeness (QED) is 0.871. The number of hydrogen-bond donors (Lipinski definition) is 1. The van der Waals surface area contributed by atoms with Gasteiger partial charge in [-0.3, -0.25) is 0 Å². The van der Waals surface area contributed by atoms with E-state index in [1.54, 1.807) is 22.7 Å². The number of nitrogens with zero attached hydrogens (tertiary/aromatic N) is 2. The Morgan fingerprint density at radius 2 is 2.36 bits per heavy atom. The Kier molecular flexibility index (Phi) is 2.90. The van der Waals surface area contributed by atoms with Crippen molar-refractivity contribution >= 4 is 22.7 Å². The molecule has 5 heteroatoms. The Morgan fingerprint density at radius 3 is 3.00 bits per heavy atom. The van der Waals surface area contributed by atoms with Crippen LogP contribution in [0.4, 0.5) is 0 Å². The van der Waals surface area contributed by atoms with Crippen LogP contribution >= 0.6 is 22.7 Å². The van der Waals surface area contributed by atoms with Gasteiger partial charge >= 0.3 is 0 Å². The van der Waals surface area contributed by atoms with Crippen LogP contribution in [0.5, 0.6) is 0 Å². The number of nitrogens with one attached hydrogen (secondary N) is 1. The Bertz CT molecular complexity index is 406. The van der Waals surface area contributed by atoms with Gasteiger partial charge in [0.25, 0.3) is 0 Å². The summed E-state index contributed by atoms with van der Waals surface area (Å²) in [6.07, 6.45) is 0. The molecule has 74 valence electrons. The summed E-state index contributed by atoms with van der Waals surface area (Å²) in [4.78, 5) is 10.0. The summed E-state index contributed by atoms with van der Waals surface area (Å²) in [7, 11) is 1.95. The van der Waals surface area contributed by atoms with Gasteiger partial charge in [0.2, 0.25) is 0 Å². The van der Waals surface area contributed by atoms with Crippen molar-refractivity contribution in [1.82, 2.24) is 15.3 Å². The van der Waals surface area contributed by atoms with E-state index in [0.717, 1.165) is 22.9 Å². The van der Waals surface area contributed by atoms with E-state index in [0.29, 0.717) is 0 Å². The van der Waals surface area contributed by atoms with E-state index in [1.165, 1.54) is 4.88 Å². The van der Waals surface area contributed by atoms with E-state index in [1.807, 2.05) is 24.9 Å². The van der Waals surface area contributed by atoms with Crippen molar-refractivity contribution in [2.75, 3.05) is 7.05 Å². The lowest BCUT2D eigenvalue weighted by atomic mass is 10.4. The fourth-order valence-electron chi connectivity index (χ4n) is 1.18. The molecule has 2 heterocycles. The van der Waals surface area contributed by atoms with Gasteiger partial charge < -0.3 is 5.32 Å². The predicted molar refractivity (Wildman–Crippen MR) is 60.7 cm³/mol. The molecule has 2 rings (SSSR count). The monoisotopic (exact) mass is 225 g/mol. The standard InChI is InChI=1S/C9H11N3S2/c1-6-8(3-10-2)14-9(12-6)7-4-13-5-11-7/h4-5,10H,3H2,1-2H3. The molecular formula is C9H11N3S2. The highest BCUT2D eigenvalue weighted by atomic mass is 32.1. The molecule has 0 aliphatic carbocycles. The van der Waals surface area contributed by atoms with E-state index in [9.17, 15) is 0 Å². The highest BCUT2D eigenvalue weighted by Gasteiger charge is 2.09. The summed E-state index contributed by atoms with van der Waals surface area (Å²) in [5.74, 6) is 0. The summed E-state index contributed by atoms with van der Waals surface area (Å²) in [5.41, 5.74) is 3.93. The second kappa shape index (κ2) is 4.16. The minimum Gasteiger partial charge on any atom is -0.315 e. The molecule has 2 aromatic heterocycles. The smallest absolute Gasteiger partial charge is 0.143 e. The van der Waals surface area contributed by atoms with Crippen LogP contribution in [-0.2, 0) is 6.54 Å². The second-order valence-electron chi connectivity index (χ2n) is 2.93. The predicted octanol–water partition coefficient (Wildman–Crippen LogP) is 2.29. The third-order valence-electron chi connectivity index (χ3n) is 1.88. The van der Waals surface area contributed by atoms with Gasteiger partial charge in [-0.15, -0.1) is 22.7 Å². The Balaban J connectivity index is 2.33. The number of rotatable bonds is 3. The minimum absolute atomic E-state index is 0.883. The first-order valence-electron chi connectivity index (χ1n) is 4.30. The molecule has 0 aliphatic heterocycles. The Labute approximate surface area is 90.9 Å². The first kappa shape index (κ1) is 9.76. The highest BCUT2D eigenvalue weighted by Crippen LogP contribution is 2.27. The zero-order chi connectivity index (χ0) is 9.97. The SMILES string of the molecule is CNCc1sc(-c2cscn2)nc1C. The van der Waals surface area contributed by atoms with E-state index in [4.69, 9.17) is 0 Å². The molecule has 0 radical (unpaired) electrons. The van der Waals surface area contributed by atoms with Crippen LogP contribution in [-0.4, -0.2) is 17.0 Å². The highest BCUT2D eigenvalue weighted by molar-refractivity contribution is 7.15.